The van der Waals surface area contributed by atoms with E-state index in [-0.39, 0.29) is 4.83 Å². The van der Waals surface area contributed by atoms with E-state index in [0.29, 0.717) is 0 Å². The molecule has 1 aromatic heterocycles. The van der Waals surface area contributed by atoms with Gasteiger partial charge >= 0.3 is 0 Å². The SMILES string of the molecule is COc1ccsc1C(Br)c1ccc2c(c1)CCO2. The lowest BCUT2D eigenvalue weighted by Crippen LogP contribution is -1.94. The number of benzene rings is 1. The van der Waals surface area contributed by atoms with Crippen LogP contribution >= 0.6 is 27.3 Å². The zero-order valence-electron chi connectivity index (χ0n) is 9.98. The second-order valence-electron chi connectivity index (χ2n) is 4.18. The largest absolute Gasteiger partial charge is 0.496 e. The van der Waals surface area contributed by atoms with Crippen LogP contribution in [0.25, 0.3) is 0 Å². The Kier molecular flexibility index (Phi) is 3.31. The Labute approximate surface area is 119 Å². The number of rotatable bonds is 3. The van der Waals surface area contributed by atoms with E-state index in [1.807, 2.05) is 6.07 Å². The fourth-order valence-corrected chi connectivity index (χ4v) is 3.87. The van der Waals surface area contributed by atoms with Gasteiger partial charge < -0.3 is 9.47 Å². The minimum atomic E-state index is 0.179. The Balaban J connectivity index is 1.95. The lowest BCUT2D eigenvalue weighted by Gasteiger charge is -2.11. The Morgan fingerprint density at radius 1 is 1.39 bits per heavy atom. The number of halogens is 1. The summed E-state index contributed by atoms with van der Waals surface area (Å²) in [7, 11) is 1.71. The van der Waals surface area contributed by atoms with Crippen molar-refractivity contribution >= 4 is 27.3 Å². The highest BCUT2D eigenvalue weighted by atomic mass is 79.9. The van der Waals surface area contributed by atoms with Crippen molar-refractivity contribution in [1.29, 1.82) is 0 Å². The van der Waals surface area contributed by atoms with E-state index in [1.54, 1.807) is 18.4 Å². The van der Waals surface area contributed by atoms with Crippen LogP contribution in [0.4, 0.5) is 0 Å². The molecular formula is C14H13BrO2S. The molecule has 0 saturated heterocycles. The minimum absolute atomic E-state index is 0.179. The van der Waals surface area contributed by atoms with E-state index < -0.39 is 0 Å². The van der Waals surface area contributed by atoms with Crippen molar-refractivity contribution in [2.24, 2.45) is 0 Å². The van der Waals surface area contributed by atoms with Crippen LogP contribution in [-0.2, 0) is 6.42 Å². The average Bonchev–Trinajstić information content (AvgIpc) is 3.05. The van der Waals surface area contributed by atoms with Crippen LogP contribution in [0.5, 0.6) is 11.5 Å². The van der Waals surface area contributed by atoms with E-state index in [0.717, 1.165) is 24.5 Å². The summed E-state index contributed by atoms with van der Waals surface area (Å²) in [4.78, 5) is 1.38. The molecule has 2 aromatic rings. The molecule has 1 aromatic carbocycles. The quantitative estimate of drug-likeness (QED) is 0.789. The first-order valence-corrected chi connectivity index (χ1v) is 7.60. The summed E-state index contributed by atoms with van der Waals surface area (Å²) in [6.07, 6.45) is 1.00. The van der Waals surface area contributed by atoms with Crippen molar-refractivity contribution in [3.8, 4) is 11.5 Å². The summed E-state index contributed by atoms with van der Waals surface area (Å²) in [5.74, 6) is 1.97. The molecule has 0 aliphatic carbocycles. The van der Waals surface area contributed by atoms with Gasteiger partial charge in [0.05, 0.1) is 23.4 Å². The van der Waals surface area contributed by atoms with Crippen molar-refractivity contribution < 1.29 is 9.47 Å². The first-order chi connectivity index (χ1) is 8.79. The Bertz CT molecular complexity index is 565. The van der Waals surface area contributed by atoms with E-state index >= 15 is 0 Å². The zero-order valence-corrected chi connectivity index (χ0v) is 12.4. The second kappa shape index (κ2) is 4.94. The van der Waals surface area contributed by atoms with Gasteiger partial charge in [-0.15, -0.1) is 11.3 Å². The maximum Gasteiger partial charge on any atom is 0.134 e. The topological polar surface area (TPSA) is 18.5 Å². The van der Waals surface area contributed by atoms with Crippen LogP contribution in [0.1, 0.15) is 20.8 Å². The molecule has 0 saturated carbocycles. The fraction of sp³-hybridized carbons (Fsp3) is 0.286. The first-order valence-electron chi connectivity index (χ1n) is 5.80. The van der Waals surface area contributed by atoms with Crippen molar-refractivity contribution in [3.05, 3.63) is 45.6 Å². The molecule has 1 atom stereocenters. The van der Waals surface area contributed by atoms with Gasteiger partial charge in [-0.1, -0.05) is 28.1 Å². The van der Waals surface area contributed by atoms with Crippen LogP contribution in [0, 0.1) is 0 Å². The monoisotopic (exact) mass is 324 g/mol. The number of methoxy groups -OCH3 is 1. The van der Waals surface area contributed by atoms with Gasteiger partial charge in [0.2, 0.25) is 0 Å². The Morgan fingerprint density at radius 2 is 2.28 bits per heavy atom. The summed E-state index contributed by atoms with van der Waals surface area (Å²) in [6, 6.07) is 8.40. The van der Waals surface area contributed by atoms with Crippen LogP contribution in [-0.4, -0.2) is 13.7 Å². The zero-order chi connectivity index (χ0) is 12.5. The van der Waals surface area contributed by atoms with Crippen molar-refractivity contribution in [3.63, 3.8) is 0 Å². The second-order valence-corrected chi connectivity index (χ2v) is 6.04. The average molecular weight is 325 g/mol. The minimum Gasteiger partial charge on any atom is -0.496 e. The molecule has 0 radical (unpaired) electrons. The Morgan fingerprint density at radius 3 is 3.11 bits per heavy atom. The molecule has 1 aliphatic heterocycles. The molecule has 1 unspecified atom stereocenters. The van der Waals surface area contributed by atoms with Gasteiger partial charge in [0.25, 0.3) is 0 Å². The van der Waals surface area contributed by atoms with Crippen molar-refractivity contribution in [2.75, 3.05) is 13.7 Å². The highest BCUT2D eigenvalue weighted by Crippen LogP contribution is 2.41. The van der Waals surface area contributed by atoms with E-state index in [4.69, 9.17) is 9.47 Å². The predicted octanol–water partition coefficient (Wildman–Crippen LogP) is 4.18. The van der Waals surface area contributed by atoms with Crippen LogP contribution in [0.3, 0.4) is 0 Å². The fourth-order valence-electron chi connectivity index (χ4n) is 2.18. The third kappa shape index (κ3) is 2.04. The predicted molar refractivity (Wildman–Crippen MR) is 77.3 cm³/mol. The van der Waals surface area contributed by atoms with Gasteiger partial charge in [-0.2, -0.15) is 0 Å². The molecule has 0 spiro atoms. The molecule has 1 aliphatic rings. The lowest BCUT2D eigenvalue weighted by atomic mass is 10.1. The number of ether oxygens (including phenoxy) is 2. The molecule has 0 amide bonds. The van der Waals surface area contributed by atoms with E-state index in [2.05, 4.69) is 39.5 Å². The molecule has 94 valence electrons. The standard InChI is InChI=1S/C14H13BrO2S/c1-16-12-5-7-18-14(12)13(15)10-2-3-11-9(8-10)4-6-17-11/h2-3,5,7-8,13H,4,6H2,1H3. The lowest BCUT2D eigenvalue weighted by molar-refractivity contribution is 0.357. The summed E-state index contributed by atoms with van der Waals surface area (Å²) in [5.41, 5.74) is 2.55. The maximum absolute atomic E-state index is 5.53. The maximum atomic E-state index is 5.53. The van der Waals surface area contributed by atoms with Gasteiger partial charge in [-0.05, 0) is 28.6 Å². The highest BCUT2D eigenvalue weighted by molar-refractivity contribution is 9.09. The number of alkyl halides is 1. The molecule has 2 nitrogen and oxygen atoms in total. The molecular weight excluding hydrogens is 312 g/mol. The van der Waals surface area contributed by atoms with Crippen LogP contribution < -0.4 is 9.47 Å². The number of fused-ring (bicyclic) bond motifs is 1. The third-order valence-corrected chi connectivity index (χ3v) is 5.37. The third-order valence-electron chi connectivity index (χ3n) is 3.11. The molecule has 0 bridgehead atoms. The van der Waals surface area contributed by atoms with Gasteiger partial charge in [-0.25, -0.2) is 0 Å². The van der Waals surface area contributed by atoms with E-state index in [9.17, 15) is 0 Å². The molecule has 4 heteroatoms. The normalized spacial score (nSPS) is 15.0. The van der Waals surface area contributed by atoms with Crippen LogP contribution in [0.2, 0.25) is 0 Å². The molecule has 18 heavy (non-hydrogen) atoms. The van der Waals surface area contributed by atoms with Crippen molar-refractivity contribution in [1.82, 2.24) is 0 Å². The number of hydrogen-bond donors (Lipinski definition) is 0. The highest BCUT2D eigenvalue weighted by Gasteiger charge is 2.19. The van der Waals surface area contributed by atoms with Gasteiger partial charge in [0, 0.05) is 6.42 Å². The Hall–Kier alpha value is -1.00. The molecule has 2 heterocycles. The van der Waals surface area contributed by atoms with Gasteiger partial charge in [-0.3, -0.25) is 0 Å². The molecule has 0 N–H and O–H groups in total. The van der Waals surface area contributed by atoms with Gasteiger partial charge in [0.15, 0.2) is 0 Å². The summed E-state index contributed by atoms with van der Waals surface area (Å²) < 4.78 is 10.9. The summed E-state index contributed by atoms with van der Waals surface area (Å²) >= 11 is 5.47. The van der Waals surface area contributed by atoms with Crippen molar-refractivity contribution in [2.45, 2.75) is 11.2 Å². The van der Waals surface area contributed by atoms with E-state index in [1.165, 1.54) is 16.0 Å². The smallest absolute Gasteiger partial charge is 0.134 e. The first kappa shape index (κ1) is 12.1. The van der Waals surface area contributed by atoms with Crippen LogP contribution in [0.15, 0.2) is 29.6 Å². The molecule has 0 fully saturated rings. The summed E-state index contributed by atoms with van der Waals surface area (Å²) in [5, 5.41) is 2.05. The molecule has 3 rings (SSSR count). The summed E-state index contributed by atoms with van der Waals surface area (Å²) in [6.45, 7) is 0.800. The van der Waals surface area contributed by atoms with Gasteiger partial charge in [0.1, 0.15) is 11.5 Å². The number of thiophene rings is 1. The number of hydrogen-bond acceptors (Lipinski definition) is 3.